The van der Waals surface area contributed by atoms with Crippen molar-refractivity contribution in [2.24, 2.45) is 5.92 Å². The van der Waals surface area contributed by atoms with Gasteiger partial charge in [-0.2, -0.15) is 0 Å². The van der Waals surface area contributed by atoms with E-state index in [2.05, 4.69) is 15.3 Å². The largest absolute Gasteiger partial charge is 0.355 e. The fourth-order valence-corrected chi connectivity index (χ4v) is 4.86. The van der Waals surface area contributed by atoms with E-state index in [4.69, 9.17) is 0 Å². The highest BCUT2D eigenvalue weighted by atomic mass is 32.2. The van der Waals surface area contributed by atoms with Gasteiger partial charge < -0.3 is 5.32 Å². The summed E-state index contributed by atoms with van der Waals surface area (Å²) in [6.45, 7) is 0.784. The molecule has 0 spiro atoms. The van der Waals surface area contributed by atoms with E-state index in [1.807, 2.05) is 6.07 Å². The number of fused-ring (bicyclic) bond motifs is 1. The van der Waals surface area contributed by atoms with Crippen LogP contribution in [-0.4, -0.2) is 28.2 Å². The van der Waals surface area contributed by atoms with Gasteiger partial charge in [-0.3, -0.25) is 4.79 Å². The lowest BCUT2D eigenvalue weighted by Crippen LogP contribution is -2.33. The average Bonchev–Trinajstić information content (AvgIpc) is 3.04. The topological polar surface area (TPSA) is 54.9 Å². The monoisotopic (exact) mass is 387 g/mol. The highest BCUT2D eigenvalue weighted by molar-refractivity contribution is 8.00. The Bertz CT molecular complexity index is 922. The number of rotatable bonds is 6. The van der Waals surface area contributed by atoms with E-state index in [-0.39, 0.29) is 11.7 Å². The first-order valence-corrected chi connectivity index (χ1v) is 10.4. The summed E-state index contributed by atoms with van der Waals surface area (Å²) >= 11 is 3.00. The van der Waals surface area contributed by atoms with Crippen LogP contribution in [-0.2, 0) is 4.79 Å². The van der Waals surface area contributed by atoms with Crippen molar-refractivity contribution in [2.45, 2.75) is 24.3 Å². The average molecular weight is 388 g/mol. The number of nitrogens with one attached hydrogen (secondary N) is 1. The van der Waals surface area contributed by atoms with Gasteiger partial charge in [-0.1, -0.05) is 30.3 Å². The number of hydrogen-bond donors (Lipinski definition) is 1. The second-order valence-electron chi connectivity index (χ2n) is 6.40. The minimum Gasteiger partial charge on any atom is -0.355 e. The molecule has 0 aliphatic heterocycles. The lowest BCUT2D eigenvalue weighted by Gasteiger charge is -2.25. The first kappa shape index (κ1) is 17.4. The molecule has 1 aliphatic rings. The molecule has 26 heavy (non-hydrogen) atoms. The molecule has 1 fully saturated rings. The van der Waals surface area contributed by atoms with Crippen molar-refractivity contribution in [3.8, 4) is 10.4 Å². The van der Waals surface area contributed by atoms with Crippen molar-refractivity contribution in [1.29, 1.82) is 0 Å². The number of halogens is 1. The maximum absolute atomic E-state index is 13.1. The smallest absolute Gasteiger partial charge is 0.230 e. The first-order valence-electron chi connectivity index (χ1n) is 8.59. The SMILES string of the molecule is O=C(CSc1ncnc2cc(-c3ccc(F)cc3)sc12)NCC1CCC1. The van der Waals surface area contributed by atoms with Gasteiger partial charge in [-0.25, -0.2) is 14.4 Å². The number of hydrogen-bond acceptors (Lipinski definition) is 5. The Hall–Kier alpha value is -1.99. The van der Waals surface area contributed by atoms with Crippen molar-refractivity contribution in [3.63, 3.8) is 0 Å². The van der Waals surface area contributed by atoms with Gasteiger partial charge in [0.25, 0.3) is 0 Å². The minimum absolute atomic E-state index is 0.0453. The Morgan fingerprint density at radius 3 is 2.81 bits per heavy atom. The molecule has 1 aliphatic carbocycles. The first-order chi connectivity index (χ1) is 12.7. The van der Waals surface area contributed by atoms with Crippen LogP contribution in [0, 0.1) is 11.7 Å². The van der Waals surface area contributed by atoms with Crippen LogP contribution in [0.4, 0.5) is 4.39 Å². The highest BCUT2D eigenvalue weighted by Gasteiger charge is 2.18. The molecular formula is C19H18FN3OS2. The second-order valence-corrected chi connectivity index (χ2v) is 8.42. The molecule has 1 saturated carbocycles. The van der Waals surface area contributed by atoms with Crippen molar-refractivity contribution >= 4 is 39.2 Å². The molecule has 3 aromatic rings. The number of nitrogens with zero attached hydrogens (tertiary/aromatic N) is 2. The number of amides is 1. The number of thioether (sulfide) groups is 1. The van der Waals surface area contributed by atoms with Crippen LogP contribution >= 0.6 is 23.1 Å². The molecule has 0 saturated heterocycles. The molecule has 7 heteroatoms. The molecule has 0 radical (unpaired) electrons. The Kier molecular flexibility index (Phi) is 5.17. The Labute approximate surface area is 159 Å². The molecule has 1 amide bonds. The molecule has 4 rings (SSSR count). The van der Waals surface area contributed by atoms with Crippen LogP contribution in [0.5, 0.6) is 0 Å². The maximum atomic E-state index is 13.1. The lowest BCUT2D eigenvalue weighted by molar-refractivity contribution is -0.118. The fraction of sp³-hybridized carbons (Fsp3) is 0.316. The fourth-order valence-electron chi connectivity index (χ4n) is 2.83. The standard InChI is InChI=1S/C19H18FN3OS2/c20-14-6-4-13(5-7-14)16-8-15-18(26-16)19(23-11-22-15)25-10-17(24)21-9-12-2-1-3-12/h4-8,11-12H,1-3,9-10H2,(H,21,24). The van der Waals surface area contributed by atoms with E-state index < -0.39 is 0 Å². The zero-order valence-corrected chi connectivity index (χ0v) is 15.7. The molecular weight excluding hydrogens is 369 g/mol. The van der Waals surface area contributed by atoms with Gasteiger partial charge in [0.1, 0.15) is 17.2 Å². The molecule has 0 bridgehead atoms. The van der Waals surface area contributed by atoms with Gasteiger partial charge in [0.05, 0.1) is 16.0 Å². The summed E-state index contributed by atoms with van der Waals surface area (Å²) in [5.74, 6) is 0.802. The third-order valence-corrected chi connectivity index (χ3v) is 6.86. The van der Waals surface area contributed by atoms with Crippen LogP contribution in [0.2, 0.25) is 0 Å². The van der Waals surface area contributed by atoms with Gasteiger partial charge in [0.15, 0.2) is 0 Å². The predicted molar refractivity (Wildman–Crippen MR) is 104 cm³/mol. The molecule has 1 aromatic carbocycles. The normalized spacial score (nSPS) is 14.3. The number of carbonyl (C=O) groups is 1. The molecule has 2 aromatic heterocycles. The van der Waals surface area contributed by atoms with Gasteiger partial charge in [-0.15, -0.1) is 11.3 Å². The highest BCUT2D eigenvalue weighted by Crippen LogP contribution is 2.36. The van der Waals surface area contributed by atoms with Gasteiger partial charge in [0, 0.05) is 11.4 Å². The van der Waals surface area contributed by atoms with E-state index in [0.717, 1.165) is 32.2 Å². The second kappa shape index (κ2) is 7.72. The summed E-state index contributed by atoms with van der Waals surface area (Å²) in [6.07, 6.45) is 5.25. The van der Waals surface area contributed by atoms with Crippen molar-refractivity contribution in [2.75, 3.05) is 12.3 Å². The van der Waals surface area contributed by atoms with Gasteiger partial charge in [0.2, 0.25) is 5.91 Å². The minimum atomic E-state index is -0.251. The molecule has 4 nitrogen and oxygen atoms in total. The summed E-state index contributed by atoms with van der Waals surface area (Å²) in [5, 5.41) is 3.82. The van der Waals surface area contributed by atoms with Gasteiger partial charge >= 0.3 is 0 Å². The zero-order valence-electron chi connectivity index (χ0n) is 14.1. The summed E-state index contributed by atoms with van der Waals surface area (Å²) in [7, 11) is 0. The van der Waals surface area contributed by atoms with E-state index >= 15 is 0 Å². The van der Waals surface area contributed by atoms with Gasteiger partial charge in [-0.05, 0) is 42.5 Å². The third kappa shape index (κ3) is 3.88. The summed E-state index contributed by atoms with van der Waals surface area (Å²) in [4.78, 5) is 21.7. The zero-order chi connectivity index (χ0) is 17.9. The maximum Gasteiger partial charge on any atom is 0.230 e. The number of carbonyl (C=O) groups excluding carboxylic acids is 1. The predicted octanol–water partition coefficient (Wildman–Crippen LogP) is 4.51. The van der Waals surface area contributed by atoms with E-state index in [1.165, 1.54) is 49.5 Å². The lowest BCUT2D eigenvalue weighted by atomic mass is 9.85. The van der Waals surface area contributed by atoms with Crippen molar-refractivity contribution < 1.29 is 9.18 Å². The number of benzene rings is 1. The van der Waals surface area contributed by atoms with Crippen LogP contribution in [0.1, 0.15) is 19.3 Å². The van der Waals surface area contributed by atoms with Crippen LogP contribution < -0.4 is 5.32 Å². The molecule has 0 unspecified atom stereocenters. The van der Waals surface area contributed by atoms with Crippen molar-refractivity contribution in [3.05, 3.63) is 42.5 Å². The Balaban J connectivity index is 1.46. The number of aromatic nitrogens is 2. The van der Waals surface area contributed by atoms with Crippen LogP contribution in [0.15, 0.2) is 41.7 Å². The van der Waals surface area contributed by atoms with Crippen LogP contribution in [0.3, 0.4) is 0 Å². The summed E-state index contributed by atoms with van der Waals surface area (Å²) in [5.41, 5.74) is 1.80. The van der Waals surface area contributed by atoms with E-state index in [9.17, 15) is 9.18 Å². The molecule has 0 atom stereocenters. The quantitative estimate of drug-likeness (QED) is 0.500. The third-order valence-electron chi connectivity index (χ3n) is 4.56. The number of thiophene rings is 1. The molecule has 134 valence electrons. The molecule has 2 heterocycles. The summed E-state index contributed by atoms with van der Waals surface area (Å²) in [6, 6.07) is 8.40. The molecule has 1 N–H and O–H groups in total. The van der Waals surface area contributed by atoms with Crippen molar-refractivity contribution in [1.82, 2.24) is 15.3 Å². The van der Waals surface area contributed by atoms with E-state index in [0.29, 0.717) is 11.7 Å². The van der Waals surface area contributed by atoms with Crippen LogP contribution in [0.25, 0.3) is 20.7 Å². The van der Waals surface area contributed by atoms with E-state index in [1.54, 1.807) is 23.5 Å². The Morgan fingerprint density at radius 1 is 1.27 bits per heavy atom. The Morgan fingerprint density at radius 2 is 2.08 bits per heavy atom. The summed E-state index contributed by atoms with van der Waals surface area (Å²) < 4.78 is 14.1.